The van der Waals surface area contributed by atoms with Crippen molar-refractivity contribution in [1.29, 1.82) is 0 Å². The van der Waals surface area contributed by atoms with E-state index < -0.39 is 25.5 Å². The average Bonchev–Trinajstić information content (AvgIpc) is 4.10. The van der Waals surface area contributed by atoms with Crippen LogP contribution in [-0.2, 0) is 32.8 Å². The monoisotopic (exact) mass is 933 g/mol. The van der Waals surface area contributed by atoms with Gasteiger partial charge < -0.3 is 15.0 Å². The Balaban J connectivity index is 0.000000176. The Morgan fingerprint density at radius 3 is 2.16 bits per heavy atom. The number of H-pyrrole nitrogens is 1. The van der Waals surface area contributed by atoms with E-state index in [1.54, 1.807) is 96.8 Å². The molecule has 6 aromatic heterocycles. The van der Waals surface area contributed by atoms with Crippen molar-refractivity contribution in [2.75, 3.05) is 0 Å². The lowest BCUT2D eigenvalue weighted by molar-refractivity contribution is 0.0942. The molecule has 0 aliphatic rings. The summed E-state index contributed by atoms with van der Waals surface area (Å²) in [6.07, 6.45) is 9.48. The minimum absolute atomic E-state index is 0.0251. The van der Waals surface area contributed by atoms with Crippen LogP contribution in [0.2, 0.25) is 5.02 Å². The molecular formula is C44H33ClFN9O6S3. The first kappa shape index (κ1) is 43.5. The van der Waals surface area contributed by atoms with Gasteiger partial charge in [0, 0.05) is 60.4 Å². The number of pyridine rings is 3. The van der Waals surface area contributed by atoms with Crippen LogP contribution in [0.4, 0.5) is 4.39 Å². The third kappa shape index (κ3) is 9.57. The summed E-state index contributed by atoms with van der Waals surface area (Å²) < 4.78 is 66.9. The van der Waals surface area contributed by atoms with Gasteiger partial charge in [-0.25, -0.2) is 41.2 Å². The lowest BCUT2D eigenvalue weighted by atomic mass is 10.2. The van der Waals surface area contributed by atoms with Crippen LogP contribution in [0.1, 0.15) is 37.4 Å². The number of aromatic amines is 1. The second-order valence-corrected chi connectivity index (χ2v) is 19.1. The number of hydrogen-bond donors (Lipinski definition) is 3. The minimum atomic E-state index is -3.84. The molecule has 6 heterocycles. The lowest BCUT2D eigenvalue weighted by Crippen LogP contribution is -2.23. The summed E-state index contributed by atoms with van der Waals surface area (Å²) in [7, 11) is -7.60. The number of nitrogens with one attached hydrogen (secondary N) is 3. The summed E-state index contributed by atoms with van der Waals surface area (Å²) in [5, 5.41) is 15.1. The maximum atomic E-state index is 13.5. The molecule has 0 fully saturated rings. The van der Waals surface area contributed by atoms with Crippen LogP contribution in [0.3, 0.4) is 0 Å². The Labute approximate surface area is 373 Å². The molecule has 0 saturated carbocycles. The molecule has 0 spiro atoms. The van der Waals surface area contributed by atoms with Crippen LogP contribution < -0.4 is 10.6 Å². The third-order valence-electron chi connectivity index (χ3n) is 9.66. The zero-order valence-corrected chi connectivity index (χ0v) is 36.5. The first-order valence-electron chi connectivity index (χ1n) is 19.0. The molecule has 20 heteroatoms. The van der Waals surface area contributed by atoms with Crippen LogP contribution in [0, 0.1) is 12.7 Å². The Kier molecular flexibility index (Phi) is 12.4. The molecule has 0 aliphatic carbocycles. The topological polar surface area (TPSA) is 211 Å². The number of benzene rings is 3. The summed E-state index contributed by atoms with van der Waals surface area (Å²) in [6, 6.07) is 25.1. The van der Waals surface area contributed by atoms with Gasteiger partial charge in [0.05, 0.1) is 32.1 Å². The van der Waals surface area contributed by atoms with Gasteiger partial charge >= 0.3 is 0 Å². The summed E-state index contributed by atoms with van der Waals surface area (Å²) in [5.74, 6) is -0.957. The molecule has 9 rings (SSSR count). The second-order valence-electron chi connectivity index (χ2n) is 14.1. The molecule has 3 N–H and O–H groups in total. The number of nitrogens with zero attached hydrogens (tertiary/aromatic N) is 6. The number of rotatable bonds is 11. The number of aromatic nitrogens is 7. The number of imidazole rings is 1. The van der Waals surface area contributed by atoms with Crippen molar-refractivity contribution in [2.45, 2.75) is 39.9 Å². The fourth-order valence-electron chi connectivity index (χ4n) is 6.33. The Bertz CT molecular complexity index is 3410. The molecule has 9 aromatic rings. The first-order valence-corrected chi connectivity index (χ1v) is 23.3. The molecule has 2 amide bonds. The largest absolute Gasteiger partial charge is 0.348 e. The van der Waals surface area contributed by atoms with Gasteiger partial charge in [-0.3, -0.25) is 14.7 Å². The fourth-order valence-corrected chi connectivity index (χ4v) is 10.3. The third-order valence-corrected chi connectivity index (χ3v) is 14.4. The smallest absolute Gasteiger partial charge is 0.253 e. The summed E-state index contributed by atoms with van der Waals surface area (Å²) in [5.41, 5.74) is 4.74. The van der Waals surface area contributed by atoms with E-state index in [-0.39, 0.29) is 44.7 Å². The number of halogens is 2. The maximum absolute atomic E-state index is 13.5. The van der Waals surface area contributed by atoms with Crippen molar-refractivity contribution in [1.82, 2.24) is 45.2 Å². The zero-order chi connectivity index (χ0) is 45.0. The van der Waals surface area contributed by atoms with Crippen molar-refractivity contribution in [3.05, 3.63) is 178 Å². The molecule has 0 unspecified atom stereocenters. The molecule has 0 atom stereocenters. The van der Waals surface area contributed by atoms with E-state index in [1.807, 2.05) is 0 Å². The predicted molar refractivity (Wildman–Crippen MR) is 237 cm³/mol. The van der Waals surface area contributed by atoms with E-state index in [1.165, 1.54) is 54.2 Å². The molecular weight excluding hydrogens is 901 g/mol. The molecule has 64 heavy (non-hydrogen) atoms. The summed E-state index contributed by atoms with van der Waals surface area (Å²) >= 11 is 7.00. The highest BCUT2D eigenvalue weighted by atomic mass is 35.5. The van der Waals surface area contributed by atoms with Gasteiger partial charge in [-0.2, -0.15) is 5.10 Å². The number of carbonyl (C=O) groups excluding carboxylic acids is 2. The van der Waals surface area contributed by atoms with Gasteiger partial charge in [0.2, 0.25) is 19.7 Å². The molecule has 322 valence electrons. The van der Waals surface area contributed by atoms with E-state index in [4.69, 9.17) is 11.6 Å². The summed E-state index contributed by atoms with van der Waals surface area (Å²) in [6.45, 7) is 2.12. The van der Waals surface area contributed by atoms with Crippen LogP contribution >= 0.6 is 22.9 Å². The number of aryl methyl sites for hydroxylation is 1. The number of thiazole rings is 1. The standard InChI is InChI=1S/C23H16FN5O3S2.C21H17ClN4O3S/c24-18-3-1-2-15(9-18)23-28-20(13-33-23)34(31,32)19-6-4-14(5-7-19)10-26-22(30)17-8-16-12-27-29-21(16)25-11-17;1-14-10-17(22)12-25-21(14)30(28,29)18-5-2-15(3-6-18)11-24-20(27)16-4-7-19-23-8-9-26(19)13-16/h1-9,11-13H,10H2,(H,26,30)(H,25,27,29);2-10,12-13H,11H2,1H3,(H,24,27). The highest BCUT2D eigenvalue weighted by Gasteiger charge is 2.23. The van der Waals surface area contributed by atoms with Crippen LogP contribution in [0.5, 0.6) is 0 Å². The first-order chi connectivity index (χ1) is 30.7. The van der Waals surface area contributed by atoms with Gasteiger partial charge in [0.15, 0.2) is 15.7 Å². The number of sulfone groups is 2. The summed E-state index contributed by atoms with van der Waals surface area (Å²) in [4.78, 5) is 41.5. The van der Waals surface area contributed by atoms with Crippen molar-refractivity contribution in [3.63, 3.8) is 0 Å². The number of fused-ring (bicyclic) bond motifs is 2. The predicted octanol–water partition coefficient (Wildman–Crippen LogP) is 7.44. The van der Waals surface area contributed by atoms with E-state index in [0.717, 1.165) is 33.5 Å². The molecule has 15 nitrogen and oxygen atoms in total. The molecule has 3 aromatic carbocycles. The number of amides is 2. The quantitative estimate of drug-likeness (QED) is 0.116. The minimum Gasteiger partial charge on any atom is -0.348 e. The SMILES string of the molecule is Cc1cc(Cl)cnc1S(=O)(=O)c1ccc(CNC(=O)c2ccc3nccn3c2)cc1.O=C(NCc1ccc(S(=O)(=O)c2csc(-c3cccc(F)c3)n2)cc1)c1cnc2[nH]ncc2c1. The molecule has 0 bridgehead atoms. The Morgan fingerprint density at radius 2 is 1.47 bits per heavy atom. The van der Waals surface area contributed by atoms with Crippen LogP contribution in [0.25, 0.3) is 27.3 Å². The van der Waals surface area contributed by atoms with E-state index >= 15 is 0 Å². The van der Waals surface area contributed by atoms with E-state index in [0.29, 0.717) is 37.9 Å². The van der Waals surface area contributed by atoms with Crippen molar-refractivity contribution >= 4 is 71.1 Å². The van der Waals surface area contributed by atoms with Gasteiger partial charge in [0.25, 0.3) is 11.8 Å². The molecule has 0 aliphatic heterocycles. The highest BCUT2D eigenvalue weighted by Crippen LogP contribution is 2.29. The normalized spacial score (nSPS) is 11.5. The van der Waals surface area contributed by atoms with Crippen molar-refractivity contribution < 1.29 is 30.8 Å². The van der Waals surface area contributed by atoms with Crippen molar-refractivity contribution in [3.8, 4) is 10.6 Å². The van der Waals surface area contributed by atoms with Gasteiger partial charge in [-0.05, 0) is 84.3 Å². The Morgan fingerprint density at radius 1 is 0.781 bits per heavy atom. The van der Waals surface area contributed by atoms with Gasteiger partial charge in [0.1, 0.15) is 16.5 Å². The van der Waals surface area contributed by atoms with Gasteiger partial charge in [-0.15, -0.1) is 11.3 Å². The molecule has 0 saturated heterocycles. The highest BCUT2D eigenvalue weighted by molar-refractivity contribution is 7.91. The number of hydrogen-bond acceptors (Lipinski definition) is 12. The van der Waals surface area contributed by atoms with E-state index in [2.05, 4.69) is 40.8 Å². The number of carbonyl (C=O) groups is 2. The average molecular weight is 934 g/mol. The van der Waals surface area contributed by atoms with Crippen LogP contribution in [-0.4, -0.2) is 63.2 Å². The Hall–Kier alpha value is -7.19. The lowest BCUT2D eigenvalue weighted by Gasteiger charge is -2.09. The van der Waals surface area contributed by atoms with Gasteiger partial charge in [-0.1, -0.05) is 48.0 Å². The molecule has 0 radical (unpaired) electrons. The maximum Gasteiger partial charge on any atom is 0.253 e. The van der Waals surface area contributed by atoms with Crippen molar-refractivity contribution in [2.24, 2.45) is 0 Å². The fraction of sp³-hybridized carbons (Fsp3) is 0.0682. The van der Waals surface area contributed by atoms with E-state index in [9.17, 15) is 30.8 Å². The second kappa shape index (κ2) is 18.3. The zero-order valence-electron chi connectivity index (χ0n) is 33.3. The van der Waals surface area contributed by atoms with Crippen LogP contribution in [0.15, 0.2) is 159 Å².